The van der Waals surface area contributed by atoms with E-state index in [0.717, 1.165) is 22.8 Å². The summed E-state index contributed by atoms with van der Waals surface area (Å²) in [7, 11) is 1.93. The highest BCUT2D eigenvalue weighted by Crippen LogP contribution is 2.35. The first-order chi connectivity index (χ1) is 9.32. The lowest BCUT2D eigenvalue weighted by Crippen LogP contribution is -2.16. The first-order valence-electron chi connectivity index (χ1n) is 6.43. The Morgan fingerprint density at radius 2 is 2.05 bits per heavy atom. The molecule has 1 N–H and O–H groups in total. The van der Waals surface area contributed by atoms with Gasteiger partial charge in [-0.15, -0.1) is 11.3 Å². The molecule has 0 fully saturated rings. The highest BCUT2D eigenvalue weighted by molar-refractivity contribution is 9.10. The van der Waals surface area contributed by atoms with Crippen LogP contribution in [0.2, 0.25) is 0 Å². The lowest BCUT2D eigenvalue weighted by molar-refractivity contribution is 0.563. The zero-order valence-electron chi connectivity index (χ0n) is 12.1. The van der Waals surface area contributed by atoms with Crippen molar-refractivity contribution in [3.63, 3.8) is 0 Å². The van der Waals surface area contributed by atoms with Gasteiger partial charge in [0.05, 0.1) is 10.2 Å². The van der Waals surface area contributed by atoms with Crippen LogP contribution in [0.4, 0.5) is 4.39 Å². The zero-order chi connectivity index (χ0) is 14.9. The molecule has 1 heterocycles. The van der Waals surface area contributed by atoms with Crippen LogP contribution in [0.3, 0.4) is 0 Å². The molecule has 2 rings (SSSR count). The Labute approximate surface area is 131 Å². The van der Waals surface area contributed by atoms with E-state index in [-0.39, 0.29) is 11.2 Å². The summed E-state index contributed by atoms with van der Waals surface area (Å²) in [6.07, 6.45) is 0. The largest absolute Gasteiger partial charge is 0.315 e. The Kier molecular flexibility index (Phi) is 4.62. The van der Waals surface area contributed by atoms with Gasteiger partial charge in [-0.3, -0.25) is 0 Å². The molecule has 2 nitrogen and oxygen atoms in total. The van der Waals surface area contributed by atoms with E-state index in [1.54, 1.807) is 23.5 Å². The molecule has 0 spiro atoms. The van der Waals surface area contributed by atoms with E-state index in [1.165, 1.54) is 10.9 Å². The van der Waals surface area contributed by atoms with Crippen LogP contribution in [0.15, 0.2) is 22.7 Å². The minimum atomic E-state index is -0.253. The number of nitrogens with zero attached hydrogens (tertiary/aromatic N) is 1. The van der Waals surface area contributed by atoms with Crippen LogP contribution >= 0.6 is 27.3 Å². The SMILES string of the molecule is CNCc1sc(-c2ccc(F)c(Br)c2)nc1C(C)(C)C. The van der Waals surface area contributed by atoms with Crippen molar-refractivity contribution in [1.82, 2.24) is 10.3 Å². The van der Waals surface area contributed by atoms with Gasteiger partial charge in [-0.1, -0.05) is 20.8 Å². The number of nitrogens with one attached hydrogen (secondary N) is 1. The maximum atomic E-state index is 13.3. The van der Waals surface area contributed by atoms with Crippen LogP contribution in [0.1, 0.15) is 31.3 Å². The molecule has 0 aliphatic carbocycles. The van der Waals surface area contributed by atoms with Crippen molar-refractivity contribution < 1.29 is 4.39 Å². The highest BCUT2D eigenvalue weighted by atomic mass is 79.9. The number of benzene rings is 1. The van der Waals surface area contributed by atoms with Gasteiger partial charge in [-0.05, 0) is 41.2 Å². The van der Waals surface area contributed by atoms with Gasteiger partial charge in [0.1, 0.15) is 10.8 Å². The molecule has 0 aliphatic heterocycles. The standard InChI is InChI=1S/C15H18BrFN2S/c1-15(2,3)13-12(8-18-4)20-14(19-13)9-5-6-11(17)10(16)7-9/h5-7,18H,8H2,1-4H3. The molecule has 0 saturated carbocycles. The van der Waals surface area contributed by atoms with Crippen molar-refractivity contribution in [2.24, 2.45) is 0 Å². The maximum absolute atomic E-state index is 13.3. The minimum absolute atomic E-state index is 0.00179. The number of hydrogen-bond donors (Lipinski definition) is 1. The summed E-state index contributed by atoms with van der Waals surface area (Å²) in [6.45, 7) is 7.27. The Hall–Kier alpha value is -0.780. The molecule has 20 heavy (non-hydrogen) atoms. The minimum Gasteiger partial charge on any atom is -0.315 e. The fourth-order valence-corrected chi connectivity index (χ4v) is 3.63. The lowest BCUT2D eigenvalue weighted by Gasteiger charge is -2.17. The Morgan fingerprint density at radius 1 is 1.35 bits per heavy atom. The zero-order valence-corrected chi connectivity index (χ0v) is 14.5. The Morgan fingerprint density at radius 3 is 2.60 bits per heavy atom. The van der Waals surface area contributed by atoms with Gasteiger partial charge < -0.3 is 5.32 Å². The monoisotopic (exact) mass is 356 g/mol. The van der Waals surface area contributed by atoms with Crippen LogP contribution in [0.5, 0.6) is 0 Å². The molecule has 0 bridgehead atoms. The van der Waals surface area contributed by atoms with E-state index in [9.17, 15) is 4.39 Å². The second kappa shape index (κ2) is 5.92. The van der Waals surface area contributed by atoms with Crippen molar-refractivity contribution in [3.8, 4) is 10.6 Å². The predicted molar refractivity (Wildman–Crippen MR) is 86.7 cm³/mol. The van der Waals surface area contributed by atoms with Crippen molar-refractivity contribution >= 4 is 27.3 Å². The number of hydrogen-bond acceptors (Lipinski definition) is 3. The molecule has 0 saturated heterocycles. The summed E-state index contributed by atoms with van der Waals surface area (Å²) >= 11 is 4.89. The second-order valence-electron chi connectivity index (χ2n) is 5.70. The summed E-state index contributed by atoms with van der Waals surface area (Å²) in [6, 6.07) is 5.02. The fraction of sp³-hybridized carbons (Fsp3) is 0.400. The average Bonchev–Trinajstić information content (AvgIpc) is 2.77. The quantitative estimate of drug-likeness (QED) is 0.859. The molecule has 0 amide bonds. The number of halogens is 2. The third-order valence-corrected chi connectivity index (χ3v) is 4.62. The molecule has 0 unspecified atom stereocenters. The summed E-state index contributed by atoms with van der Waals surface area (Å²) in [5.74, 6) is -0.253. The molecular formula is C15H18BrFN2S. The van der Waals surface area contributed by atoms with Gasteiger partial charge >= 0.3 is 0 Å². The van der Waals surface area contributed by atoms with Crippen LogP contribution in [-0.4, -0.2) is 12.0 Å². The van der Waals surface area contributed by atoms with Gasteiger partial charge in [-0.2, -0.15) is 0 Å². The molecule has 108 valence electrons. The Bertz CT molecular complexity index is 617. The van der Waals surface area contributed by atoms with Crippen LogP contribution in [0.25, 0.3) is 10.6 Å². The van der Waals surface area contributed by atoms with Gasteiger partial charge in [-0.25, -0.2) is 9.37 Å². The third kappa shape index (κ3) is 3.27. The molecule has 1 aromatic carbocycles. The number of thiazole rings is 1. The van der Waals surface area contributed by atoms with Gasteiger partial charge in [0, 0.05) is 22.4 Å². The maximum Gasteiger partial charge on any atom is 0.137 e. The fourth-order valence-electron chi connectivity index (χ4n) is 1.97. The molecule has 1 aromatic heterocycles. The lowest BCUT2D eigenvalue weighted by atomic mass is 9.91. The summed E-state index contributed by atoms with van der Waals surface area (Å²) < 4.78 is 13.8. The molecule has 2 aromatic rings. The van der Waals surface area contributed by atoms with Gasteiger partial charge in [0.15, 0.2) is 0 Å². The van der Waals surface area contributed by atoms with E-state index >= 15 is 0 Å². The van der Waals surface area contributed by atoms with E-state index in [0.29, 0.717) is 4.47 Å². The Balaban J connectivity index is 2.49. The van der Waals surface area contributed by atoms with E-state index in [2.05, 4.69) is 42.0 Å². The predicted octanol–water partition coefficient (Wildman–Crippen LogP) is 4.73. The molecule has 0 aliphatic rings. The smallest absolute Gasteiger partial charge is 0.137 e. The van der Waals surface area contributed by atoms with Gasteiger partial charge in [0.2, 0.25) is 0 Å². The highest BCUT2D eigenvalue weighted by Gasteiger charge is 2.23. The van der Waals surface area contributed by atoms with Crippen molar-refractivity contribution in [2.45, 2.75) is 32.7 Å². The van der Waals surface area contributed by atoms with E-state index < -0.39 is 0 Å². The topological polar surface area (TPSA) is 24.9 Å². The molecule has 0 radical (unpaired) electrons. The van der Waals surface area contributed by atoms with Crippen molar-refractivity contribution in [1.29, 1.82) is 0 Å². The first kappa shape index (κ1) is 15.6. The third-order valence-electron chi connectivity index (χ3n) is 2.91. The molecular weight excluding hydrogens is 339 g/mol. The van der Waals surface area contributed by atoms with Gasteiger partial charge in [0.25, 0.3) is 0 Å². The normalized spacial score (nSPS) is 11.9. The summed E-state index contributed by atoms with van der Waals surface area (Å²) in [5, 5.41) is 4.11. The first-order valence-corrected chi connectivity index (χ1v) is 8.04. The van der Waals surface area contributed by atoms with E-state index in [1.807, 2.05) is 7.05 Å². The number of rotatable bonds is 3. The summed E-state index contributed by atoms with van der Waals surface area (Å²) in [4.78, 5) is 6.01. The van der Waals surface area contributed by atoms with Crippen molar-refractivity contribution in [2.75, 3.05) is 7.05 Å². The molecule has 5 heteroatoms. The van der Waals surface area contributed by atoms with Crippen LogP contribution in [0, 0.1) is 5.82 Å². The van der Waals surface area contributed by atoms with Crippen LogP contribution < -0.4 is 5.32 Å². The summed E-state index contributed by atoms with van der Waals surface area (Å²) in [5.41, 5.74) is 2.04. The molecule has 0 atom stereocenters. The number of aromatic nitrogens is 1. The average molecular weight is 357 g/mol. The van der Waals surface area contributed by atoms with E-state index in [4.69, 9.17) is 4.98 Å². The van der Waals surface area contributed by atoms with Crippen LogP contribution in [-0.2, 0) is 12.0 Å². The van der Waals surface area contributed by atoms with Crippen molar-refractivity contribution in [3.05, 3.63) is 39.1 Å². The second-order valence-corrected chi connectivity index (χ2v) is 7.64.